The number of ether oxygens (including phenoxy) is 3. The van der Waals surface area contributed by atoms with E-state index in [1.807, 2.05) is 19.1 Å². The van der Waals surface area contributed by atoms with E-state index in [9.17, 15) is 13.2 Å². The van der Waals surface area contributed by atoms with Crippen molar-refractivity contribution in [1.82, 2.24) is 0 Å². The monoisotopic (exact) mass is 468 g/mol. The van der Waals surface area contributed by atoms with Crippen molar-refractivity contribution in [2.45, 2.75) is 18.2 Å². The first-order valence-electron chi connectivity index (χ1n) is 10.5. The highest BCUT2D eigenvalue weighted by Crippen LogP contribution is 2.33. The van der Waals surface area contributed by atoms with Crippen molar-refractivity contribution in [2.24, 2.45) is 0 Å². The van der Waals surface area contributed by atoms with Crippen LogP contribution in [0.1, 0.15) is 23.7 Å². The third-order valence-corrected chi connectivity index (χ3v) is 6.20. The fourth-order valence-corrected chi connectivity index (χ4v) is 4.27. The van der Waals surface area contributed by atoms with Crippen LogP contribution in [0.15, 0.2) is 71.6 Å². The minimum atomic E-state index is -3.85. The number of carbonyl (C=O) groups excluding carboxylic acids is 1. The number of carbonyl (C=O) groups is 1. The second-order valence-electron chi connectivity index (χ2n) is 7.29. The van der Waals surface area contributed by atoms with Gasteiger partial charge >= 0.3 is 0 Å². The van der Waals surface area contributed by atoms with Gasteiger partial charge in [-0.3, -0.25) is 9.52 Å². The lowest BCUT2D eigenvalue weighted by Gasteiger charge is -2.19. The van der Waals surface area contributed by atoms with Gasteiger partial charge in [0.1, 0.15) is 19.0 Å². The van der Waals surface area contributed by atoms with E-state index in [-0.39, 0.29) is 10.8 Å². The second kappa shape index (κ2) is 9.83. The number of para-hydroxylation sites is 2. The summed E-state index contributed by atoms with van der Waals surface area (Å²) in [6.07, 6.45) is 0.853. The van der Waals surface area contributed by atoms with Gasteiger partial charge in [-0.25, -0.2) is 8.42 Å². The predicted octanol–water partition coefficient (Wildman–Crippen LogP) is 4.30. The van der Waals surface area contributed by atoms with Crippen LogP contribution in [0.2, 0.25) is 0 Å². The van der Waals surface area contributed by atoms with Gasteiger partial charge in [-0.15, -0.1) is 0 Å². The number of amides is 1. The molecule has 172 valence electrons. The zero-order chi connectivity index (χ0) is 23.3. The SMILES string of the molecule is CCCOc1ccccc1NC(=O)c1ccc(NS(=O)(=O)c2ccc3c(c2)OCCO3)cc1. The molecule has 4 rings (SSSR count). The minimum Gasteiger partial charge on any atom is -0.491 e. The Morgan fingerprint density at radius 2 is 1.70 bits per heavy atom. The normalized spacial score (nSPS) is 12.6. The van der Waals surface area contributed by atoms with Crippen molar-refractivity contribution in [3.05, 3.63) is 72.3 Å². The quantitative estimate of drug-likeness (QED) is 0.511. The van der Waals surface area contributed by atoms with Gasteiger partial charge in [0.2, 0.25) is 0 Å². The Bertz CT molecular complexity index is 1240. The zero-order valence-electron chi connectivity index (χ0n) is 18.0. The summed E-state index contributed by atoms with van der Waals surface area (Å²) in [5, 5.41) is 2.83. The molecular formula is C24H24N2O6S. The molecule has 8 nitrogen and oxygen atoms in total. The smallest absolute Gasteiger partial charge is 0.262 e. The summed E-state index contributed by atoms with van der Waals surface area (Å²) in [4.78, 5) is 12.7. The summed E-state index contributed by atoms with van der Waals surface area (Å²) in [5.41, 5.74) is 1.27. The summed E-state index contributed by atoms with van der Waals surface area (Å²) in [6.45, 7) is 3.34. The van der Waals surface area contributed by atoms with Crippen LogP contribution < -0.4 is 24.2 Å². The largest absolute Gasteiger partial charge is 0.491 e. The van der Waals surface area contributed by atoms with Crippen molar-refractivity contribution in [3.8, 4) is 17.2 Å². The van der Waals surface area contributed by atoms with Crippen LogP contribution >= 0.6 is 0 Å². The lowest BCUT2D eigenvalue weighted by molar-refractivity contribution is 0.102. The molecule has 33 heavy (non-hydrogen) atoms. The van der Waals surface area contributed by atoms with Crippen LogP contribution in [-0.4, -0.2) is 34.1 Å². The lowest BCUT2D eigenvalue weighted by Crippen LogP contribution is -2.17. The van der Waals surface area contributed by atoms with E-state index >= 15 is 0 Å². The Kier molecular flexibility index (Phi) is 6.69. The fraction of sp³-hybridized carbons (Fsp3) is 0.208. The maximum Gasteiger partial charge on any atom is 0.262 e. The van der Waals surface area contributed by atoms with Crippen molar-refractivity contribution >= 4 is 27.3 Å². The Balaban J connectivity index is 1.45. The topological polar surface area (TPSA) is 103 Å². The van der Waals surface area contributed by atoms with Gasteiger partial charge in [0, 0.05) is 17.3 Å². The molecule has 2 N–H and O–H groups in total. The molecule has 0 radical (unpaired) electrons. The van der Waals surface area contributed by atoms with Crippen LogP contribution in [0.25, 0.3) is 0 Å². The molecule has 0 unspecified atom stereocenters. The number of rotatable bonds is 8. The van der Waals surface area contributed by atoms with Crippen LogP contribution in [0.3, 0.4) is 0 Å². The summed E-state index contributed by atoms with van der Waals surface area (Å²) in [5.74, 6) is 1.16. The zero-order valence-corrected chi connectivity index (χ0v) is 18.9. The van der Waals surface area contributed by atoms with E-state index in [2.05, 4.69) is 10.0 Å². The van der Waals surface area contributed by atoms with Gasteiger partial charge in [-0.1, -0.05) is 19.1 Å². The van der Waals surface area contributed by atoms with Gasteiger partial charge in [-0.2, -0.15) is 0 Å². The Morgan fingerprint density at radius 1 is 0.970 bits per heavy atom. The first-order chi connectivity index (χ1) is 16.0. The molecule has 0 atom stereocenters. The van der Waals surface area contributed by atoms with Gasteiger partial charge in [0.25, 0.3) is 15.9 Å². The van der Waals surface area contributed by atoms with Crippen LogP contribution in [0, 0.1) is 0 Å². The molecule has 9 heteroatoms. The maximum atomic E-state index is 12.8. The van der Waals surface area contributed by atoms with Gasteiger partial charge in [0.05, 0.1) is 17.2 Å². The average molecular weight is 469 g/mol. The summed E-state index contributed by atoms with van der Waals surface area (Å²) >= 11 is 0. The molecule has 0 bridgehead atoms. The Morgan fingerprint density at radius 3 is 2.45 bits per heavy atom. The molecular weight excluding hydrogens is 444 g/mol. The number of sulfonamides is 1. The lowest BCUT2D eigenvalue weighted by atomic mass is 10.2. The number of benzene rings is 3. The number of fused-ring (bicyclic) bond motifs is 1. The Hall–Kier alpha value is -3.72. The van der Waals surface area contributed by atoms with Crippen LogP contribution in [0.5, 0.6) is 17.2 Å². The first kappa shape index (κ1) is 22.5. The van der Waals surface area contributed by atoms with E-state index in [0.29, 0.717) is 54.0 Å². The number of nitrogens with one attached hydrogen (secondary N) is 2. The molecule has 0 fully saturated rings. The highest BCUT2D eigenvalue weighted by molar-refractivity contribution is 7.92. The third-order valence-electron chi connectivity index (χ3n) is 4.82. The molecule has 0 saturated heterocycles. The van der Waals surface area contributed by atoms with E-state index in [1.54, 1.807) is 30.3 Å². The van der Waals surface area contributed by atoms with Crippen molar-refractivity contribution in [3.63, 3.8) is 0 Å². The highest BCUT2D eigenvalue weighted by atomic mass is 32.2. The summed E-state index contributed by atoms with van der Waals surface area (Å²) in [7, 11) is -3.85. The molecule has 0 spiro atoms. The average Bonchev–Trinajstić information content (AvgIpc) is 2.83. The standard InChI is InChI=1S/C24H24N2O6S/c1-2-13-30-21-6-4-3-5-20(21)25-24(27)17-7-9-18(10-8-17)26-33(28,29)19-11-12-22-23(16-19)32-15-14-31-22/h3-12,16,26H,2,13-15H2,1H3,(H,25,27). The molecule has 1 amide bonds. The minimum absolute atomic E-state index is 0.0530. The van der Waals surface area contributed by atoms with Gasteiger partial charge < -0.3 is 19.5 Å². The first-order valence-corrected chi connectivity index (χ1v) is 12.0. The molecule has 1 heterocycles. The highest BCUT2D eigenvalue weighted by Gasteiger charge is 2.20. The third kappa shape index (κ3) is 5.38. The van der Waals surface area contributed by atoms with Crippen LogP contribution in [0.4, 0.5) is 11.4 Å². The molecule has 0 saturated carbocycles. The second-order valence-corrected chi connectivity index (χ2v) is 8.97. The molecule has 3 aromatic rings. The van der Waals surface area contributed by atoms with Crippen LogP contribution in [-0.2, 0) is 10.0 Å². The van der Waals surface area contributed by atoms with E-state index in [4.69, 9.17) is 14.2 Å². The predicted molar refractivity (Wildman–Crippen MR) is 125 cm³/mol. The van der Waals surface area contributed by atoms with Crippen molar-refractivity contribution in [1.29, 1.82) is 0 Å². The molecule has 0 aliphatic carbocycles. The molecule has 1 aliphatic heterocycles. The van der Waals surface area contributed by atoms with E-state index in [0.717, 1.165) is 6.42 Å². The van der Waals surface area contributed by atoms with Crippen molar-refractivity contribution < 1.29 is 27.4 Å². The van der Waals surface area contributed by atoms with Crippen molar-refractivity contribution in [2.75, 3.05) is 29.9 Å². The molecule has 0 aromatic heterocycles. The Labute approximate surface area is 192 Å². The van der Waals surface area contributed by atoms with E-state index in [1.165, 1.54) is 24.3 Å². The molecule has 1 aliphatic rings. The van der Waals surface area contributed by atoms with E-state index < -0.39 is 10.0 Å². The number of hydrogen-bond acceptors (Lipinski definition) is 6. The number of hydrogen-bond donors (Lipinski definition) is 2. The maximum absolute atomic E-state index is 12.8. The number of anilines is 2. The van der Waals surface area contributed by atoms with Gasteiger partial charge in [-0.05, 0) is 55.0 Å². The molecule has 3 aromatic carbocycles. The fourth-order valence-electron chi connectivity index (χ4n) is 3.20. The van der Waals surface area contributed by atoms with Gasteiger partial charge in [0.15, 0.2) is 11.5 Å². The summed E-state index contributed by atoms with van der Waals surface area (Å²) in [6, 6.07) is 17.8. The summed E-state index contributed by atoms with van der Waals surface area (Å²) < 4.78 is 44.6.